The highest BCUT2D eigenvalue weighted by Gasteiger charge is 2.25. The average Bonchev–Trinajstić information content (AvgIpc) is 2.85. The first-order valence-electron chi connectivity index (χ1n) is 11.0. The molecule has 0 amide bonds. The monoisotopic (exact) mass is 412 g/mol. The van der Waals surface area contributed by atoms with E-state index in [0.717, 1.165) is 23.4 Å². The number of benzene rings is 5. The summed E-state index contributed by atoms with van der Waals surface area (Å²) in [5.41, 5.74) is 9.56. The lowest BCUT2D eigenvalue weighted by molar-refractivity contribution is 0.563. The highest BCUT2D eigenvalue weighted by Crippen LogP contribution is 2.36. The minimum atomic E-state index is -0.461. The number of hydrogen-bond acceptors (Lipinski definition) is 2. The smallest absolute Gasteiger partial charge is 0.0634 e. The predicted octanol–water partition coefficient (Wildman–Crippen LogP) is 7.26. The Morgan fingerprint density at radius 2 is 1.41 bits per heavy atom. The SMILES string of the molecule is NC1(c2ccccc2)C=CC(Nc2cccc3ccc4cc5ccccc5cc4c23)=CC1. The van der Waals surface area contributed by atoms with Crippen LogP contribution in [-0.4, -0.2) is 0 Å². The molecule has 2 nitrogen and oxygen atoms in total. The van der Waals surface area contributed by atoms with Gasteiger partial charge in [-0.05, 0) is 63.2 Å². The Kier molecular flexibility index (Phi) is 4.34. The van der Waals surface area contributed by atoms with Gasteiger partial charge in [0.1, 0.15) is 0 Å². The molecule has 1 aliphatic rings. The quantitative estimate of drug-likeness (QED) is 0.242. The molecule has 2 heteroatoms. The predicted molar refractivity (Wildman–Crippen MR) is 137 cm³/mol. The molecule has 0 radical (unpaired) electrons. The maximum atomic E-state index is 6.69. The standard InChI is InChI=1S/C30H24N2/c31-30(25-10-2-1-3-11-25)17-15-26(16-18-30)32-28-12-6-9-21-13-14-24-19-22-7-4-5-8-23(22)20-27(24)29(21)28/h1-17,19-20,32H,18,31H2. The molecule has 6 rings (SSSR count). The van der Waals surface area contributed by atoms with Gasteiger partial charge in [0.05, 0.1) is 5.54 Å². The highest BCUT2D eigenvalue weighted by atomic mass is 14.9. The lowest BCUT2D eigenvalue weighted by atomic mass is 9.84. The fraction of sp³-hybridized carbons (Fsp3) is 0.0667. The summed E-state index contributed by atoms with van der Waals surface area (Å²) >= 11 is 0. The van der Waals surface area contributed by atoms with Crippen LogP contribution < -0.4 is 11.1 Å². The highest BCUT2D eigenvalue weighted by molar-refractivity contribution is 6.16. The van der Waals surface area contributed by atoms with Gasteiger partial charge < -0.3 is 11.1 Å². The van der Waals surface area contributed by atoms with Gasteiger partial charge in [-0.25, -0.2) is 0 Å². The molecule has 0 spiro atoms. The second-order valence-corrected chi connectivity index (χ2v) is 8.62. The van der Waals surface area contributed by atoms with Gasteiger partial charge in [-0.15, -0.1) is 0 Å². The molecule has 5 aromatic rings. The Morgan fingerprint density at radius 3 is 2.19 bits per heavy atom. The first kappa shape index (κ1) is 18.9. The van der Waals surface area contributed by atoms with Crippen LogP contribution in [0.25, 0.3) is 32.3 Å². The Labute approximate surface area is 187 Å². The molecule has 1 unspecified atom stereocenters. The maximum Gasteiger partial charge on any atom is 0.0634 e. The number of anilines is 1. The minimum absolute atomic E-state index is 0.461. The summed E-state index contributed by atoms with van der Waals surface area (Å²) in [7, 11) is 0. The van der Waals surface area contributed by atoms with Gasteiger partial charge in [0, 0.05) is 16.8 Å². The first-order chi connectivity index (χ1) is 15.7. The Hall–Kier alpha value is -3.88. The number of nitrogens with two attached hydrogens (primary N) is 1. The topological polar surface area (TPSA) is 38.0 Å². The Bertz CT molecular complexity index is 1530. The second-order valence-electron chi connectivity index (χ2n) is 8.62. The molecule has 0 aliphatic heterocycles. The molecule has 32 heavy (non-hydrogen) atoms. The van der Waals surface area contributed by atoms with Gasteiger partial charge in [0.2, 0.25) is 0 Å². The van der Waals surface area contributed by atoms with Crippen molar-refractivity contribution in [2.24, 2.45) is 5.73 Å². The summed E-state index contributed by atoms with van der Waals surface area (Å²) in [4.78, 5) is 0. The number of rotatable bonds is 3. The number of hydrogen-bond donors (Lipinski definition) is 2. The van der Waals surface area contributed by atoms with Crippen molar-refractivity contribution in [2.75, 3.05) is 5.32 Å². The van der Waals surface area contributed by atoms with Crippen molar-refractivity contribution in [1.82, 2.24) is 0 Å². The van der Waals surface area contributed by atoms with E-state index in [9.17, 15) is 0 Å². The van der Waals surface area contributed by atoms with Crippen molar-refractivity contribution < 1.29 is 0 Å². The largest absolute Gasteiger partial charge is 0.355 e. The van der Waals surface area contributed by atoms with Crippen LogP contribution >= 0.6 is 0 Å². The number of fused-ring (bicyclic) bond motifs is 4. The van der Waals surface area contributed by atoms with E-state index in [-0.39, 0.29) is 0 Å². The first-order valence-corrected chi connectivity index (χ1v) is 11.0. The number of nitrogens with one attached hydrogen (secondary N) is 1. The fourth-order valence-electron chi connectivity index (χ4n) is 4.77. The zero-order chi connectivity index (χ0) is 21.5. The molecule has 0 saturated carbocycles. The second kappa shape index (κ2) is 7.37. The molecule has 3 N–H and O–H groups in total. The normalized spacial score (nSPS) is 18.2. The van der Waals surface area contributed by atoms with E-state index < -0.39 is 5.54 Å². The molecule has 0 heterocycles. The van der Waals surface area contributed by atoms with Crippen molar-refractivity contribution in [3.8, 4) is 0 Å². The van der Waals surface area contributed by atoms with Crippen LogP contribution in [0.2, 0.25) is 0 Å². The summed E-state index contributed by atoms with van der Waals surface area (Å²) in [5.74, 6) is 0. The molecular formula is C30H24N2. The van der Waals surface area contributed by atoms with Crippen molar-refractivity contribution >= 4 is 38.0 Å². The molecule has 1 aliphatic carbocycles. The van der Waals surface area contributed by atoms with E-state index in [1.54, 1.807) is 0 Å². The van der Waals surface area contributed by atoms with Crippen LogP contribution in [0, 0.1) is 0 Å². The lowest BCUT2D eigenvalue weighted by Crippen LogP contribution is -2.35. The summed E-state index contributed by atoms with van der Waals surface area (Å²) in [6.07, 6.45) is 7.18. The third-order valence-electron chi connectivity index (χ3n) is 6.54. The molecule has 5 aromatic carbocycles. The molecule has 154 valence electrons. The van der Waals surface area contributed by atoms with Gasteiger partial charge in [0.25, 0.3) is 0 Å². The van der Waals surface area contributed by atoms with Crippen LogP contribution in [0.3, 0.4) is 0 Å². The van der Waals surface area contributed by atoms with E-state index in [4.69, 9.17) is 5.73 Å². The van der Waals surface area contributed by atoms with Gasteiger partial charge in [-0.1, -0.05) is 91.0 Å². The third-order valence-corrected chi connectivity index (χ3v) is 6.54. The lowest BCUT2D eigenvalue weighted by Gasteiger charge is -2.29. The van der Waals surface area contributed by atoms with Gasteiger partial charge in [-0.3, -0.25) is 0 Å². The average molecular weight is 413 g/mol. The van der Waals surface area contributed by atoms with Crippen molar-refractivity contribution in [2.45, 2.75) is 12.0 Å². The van der Waals surface area contributed by atoms with Crippen LogP contribution in [0.1, 0.15) is 12.0 Å². The zero-order valence-corrected chi connectivity index (χ0v) is 17.8. The van der Waals surface area contributed by atoms with E-state index in [2.05, 4.69) is 102 Å². The maximum absolute atomic E-state index is 6.69. The van der Waals surface area contributed by atoms with Crippen molar-refractivity contribution in [3.05, 3.63) is 127 Å². The van der Waals surface area contributed by atoms with Crippen molar-refractivity contribution in [3.63, 3.8) is 0 Å². The van der Waals surface area contributed by atoms with Crippen molar-refractivity contribution in [1.29, 1.82) is 0 Å². The molecule has 0 fully saturated rings. The van der Waals surface area contributed by atoms with Crippen LogP contribution in [0.4, 0.5) is 5.69 Å². The Balaban J connectivity index is 1.41. The summed E-state index contributed by atoms with van der Waals surface area (Å²) in [6.45, 7) is 0. The molecular weight excluding hydrogens is 388 g/mol. The number of allylic oxidation sites excluding steroid dienone is 1. The molecule has 0 saturated heterocycles. The van der Waals surface area contributed by atoms with Crippen LogP contribution in [0.15, 0.2) is 121 Å². The third kappa shape index (κ3) is 3.17. The van der Waals surface area contributed by atoms with Gasteiger partial charge in [0.15, 0.2) is 0 Å². The van der Waals surface area contributed by atoms with Crippen LogP contribution in [-0.2, 0) is 5.54 Å². The Morgan fingerprint density at radius 1 is 0.688 bits per heavy atom. The fourth-order valence-corrected chi connectivity index (χ4v) is 4.77. The van der Waals surface area contributed by atoms with E-state index in [1.807, 2.05) is 18.2 Å². The summed E-state index contributed by atoms with van der Waals surface area (Å²) < 4.78 is 0. The molecule has 1 atom stereocenters. The van der Waals surface area contributed by atoms with E-state index in [1.165, 1.54) is 32.3 Å². The summed E-state index contributed by atoms with van der Waals surface area (Å²) in [5, 5.41) is 11.2. The van der Waals surface area contributed by atoms with Crippen LogP contribution in [0.5, 0.6) is 0 Å². The minimum Gasteiger partial charge on any atom is -0.355 e. The van der Waals surface area contributed by atoms with Gasteiger partial charge in [-0.2, -0.15) is 0 Å². The van der Waals surface area contributed by atoms with E-state index in [0.29, 0.717) is 0 Å². The molecule has 0 aromatic heterocycles. The zero-order valence-electron chi connectivity index (χ0n) is 17.8. The van der Waals surface area contributed by atoms with E-state index >= 15 is 0 Å². The van der Waals surface area contributed by atoms with Gasteiger partial charge >= 0.3 is 0 Å². The summed E-state index contributed by atoms with van der Waals surface area (Å²) in [6, 6.07) is 34.3. The molecule has 0 bridgehead atoms.